The average molecular weight is 199 g/mol. The van der Waals surface area contributed by atoms with Crippen LogP contribution in [0.5, 0.6) is 0 Å². The van der Waals surface area contributed by atoms with Crippen LogP contribution in [0.3, 0.4) is 0 Å². The molecule has 0 fully saturated rings. The molecule has 11 heavy (non-hydrogen) atoms. The summed E-state index contributed by atoms with van der Waals surface area (Å²) in [6, 6.07) is -0.0833. The number of rotatable bonds is 5. The van der Waals surface area contributed by atoms with Crippen molar-refractivity contribution in [1.82, 2.24) is 0 Å². The highest BCUT2D eigenvalue weighted by Crippen LogP contribution is 1.98. The van der Waals surface area contributed by atoms with Crippen LogP contribution in [0.1, 0.15) is 12.8 Å². The van der Waals surface area contributed by atoms with Gasteiger partial charge in [-0.15, -0.1) is 0 Å². The van der Waals surface area contributed by atoms with Crippen LogP contribution in [-0.4, -0.2) is 30.5 Å². The predicted octanol–water partition coefficient (Wildman–Crippen LogP) is -0.0885. The highest BCUT2D eigenvalue weighted by atomic mass is 32.2. The zero-order chi connectivity index (χ0) is 8.91. The summed E-state index contributed by atoms with van der Waals surface area (Å²) >= 11 is 3.92. The zero-order valence-electron chi connectivity index (χ0n) is 6.10. The minimum absolute atomic E-state index is 0.0833. The second-order valence-electron chi connectivity index (χ2n) is 2.37. The molecule has 3 N–H and O–H groups in total. The maximum atomic E-state index is 10.2. The van der Waals surface area contributed by atoms with E-state index < -0.39 is 10.1 Å². The van der Waals surface area contributed by atoms with Crippen molar-refractivity contribution in [2.45, 2.75) is 18.9 Å². The highest BCUT2D eigenvalue weighted by Gasteiger charge is 2.05. The van der Waals surface area contributed by atoms with Crippen molar-refractivity contribution in [1.29, 1.82) is 0 Å². The topological polar surface area (TPSA) is 80.4 Å². The van der Waals surface area contributed by atoms with Gasteiger partial charge >= 0.3 is 0 Å². The first-order chi connectivity index (χ1) is 4.95. The summed E-state index contributed by atoms with van der Waals surface area (Å²) in [5.74, 6) is 0.319. The van der Waals surface area contributed by atoms with Crippen LogP contribution >= 0.6 is 12.6 Å². The summed E-state index contributed by atoms with van der Waals surface area (Å²) in [6.45, 7) is 0. The fourth-order valence-electron chi connectivity index (χ4n) is 0.619. The Balaban J connectivity index is 3.43. The molecule has 0 saturated carbocycles. The van der Waals surface area contributed by atoms with Crippen LogP contribution in [0.2, 0.25) is 0 Å². The monoisotopic (exact) mass is 199 g/mol. The van der Waals surface area contributed by atoms with Crippen molar-refractivity contribution >= 4 is 22.7 Å². The van der Waals surface area contributed by atoms with Crippen LogP contribution in [0, 0.1) is 0 Å². The first kappa shape index (κ1) is 11.2. The van der Waals surface area contributed by atoms with Crippen LogP contribution in [-0.2, 0) is 10.1 Å². The summed E-state index contributed by atoms with van der Waals surface area (Å²) in [5, 5.41) is 0. The van der Waals surface area contributed by atoms with E-state index in [9.17, 15) is 8.42 Å². The van der Waals surface area contributed by atoms with Crippen molar-refractivity contribution in [3.63, 3.8) is 0 Å². The van der Waals surface area contributed by atoms with E-state index in [4.69, 9.17) is 10.3 Å². The summed E-state index contributed by atoms with van der Waals surface area (Å²) in [7, 11) is -3.81. The molecule has 0 spiro atoms. The van der Waals surface area contributed by atoms with Gasteiger partial charge in [0, 0.05) is 11.8 Å². The summed E-state index contributed by atoms with van der Waals surface area (Å²) in [6.07, 6.45) is 0.962. The van der Waals surface area contributed by atoms with E-state index in [1.807, 2.05) is 0 Å². The van der Waals surface area contributed by atoms with Gasteiger partial charge in [0.05, 0.1) is 5.75 Å². The second-order valence-corrected chi connectivity index (χ2v) is 4.31. The lowest BCUT2D eigenvalue weighted by atomic mass is 10.2. The summed E-state index contributed by atoms with van der Waals surface area (Å²) in [5.41, 5.74) is 5.45. The Morgan fingerprint density at radius 2 is 2.09 bits per heavy atom. The summed E-state index contributed by atoms with van der Waals surface area (Å²) in [4.78, 5) is 0. The van der Waals surface area contributed by atoms with Crippen molar-refractivity contribution in [3.8, 4) is 0 Å². The molecular weight excluding hydrogens is 186 g/mol. The van der Waals surface area contributed by atoms with Gasteiger partial charge in [0.2, 0.25) is 0 Å². The number of nitrogens with two attached hydrogens (primary N) is 1. The molecule has 0 aromatic carbocycles. The lowest BCUT2D eigenvalue weighted by molar-refractivity contribution is 0.478. The van der Waals surface area contributed by atoms with Gasteiger partial charge in [-0.2, -0.15) is 21.0 Å². The van der Waals surface area contributed by atoms with Crippen LogP contribution in [0.25, 0.3) is 0 Å². The van der Waals surface area contributed by atoms with Crippen LogP contribution in [0.15, 0.2) is 0 Å². The van der Waals surface area contributed by atoms with Gasteiger partial charge in [-0.3, -0.25) is 4.55 Å². The molecule has 0 heterocycles. The molecule has 0 saturated heterocycles. The maximum absolute atomic E-state index is 10.2. The van der Waals surface area contributed by atoms with Gasteiger partial charge in [-0.25, -0.2) is 0 Å². The Morgan fingerprint density at radius 1 is 1.55 bits per heavy atom. The molecule has 0 amide bonds. The smallest absolute Gasteiger partial charge is 0.264 e. The fraction of sp³-hybridized carbons (Fsp3) is 1.00. The lowest BCUT2D eigenvalue weighted by Crippen LogP contribution is -2.22. The molecule has 0 aliphatic heterocycles. The molecular formula is C5H13NO3S2. The molecule has 0 aromatic rings. The Morgan fingerprint density at radius 3 is 2.45 bits per heavy atom. The molecule has 0 radical (unpaired) electrons. The molecule has 0 aliphatic carbocycles. The zero-order valence-corrected chi connectivity index (χ0v) is 7.81. The normalized spacial score (nSPS) is 14.8. The predicted molar refractivity (Wildman–Crippen MR) is 47.5 cm³/mol. The van der Waals surface area contributed by atoms with Crippen LogP contribution in [0.4, 0.5) is 0 Å². The van der Waals surface area contributed by atoms with E-state index >= 15 is 0 Å². The Kier molecular flexibility index (Phi) is 5.07. The van der Waals surface area contributed by atoms with Crippen molar-refractivity contribution < 1.29 is 13.0 Å². The van der Waals surface area contributed by atoms with E-state index in [-0.39, 0.29) is 11.8 Å². The SMILES string of the molecule is N[C@H](CS)CCCS(=O)(=O)O. The van der Waals surface area contributed by atoms with E-state index in [1.165, 1.54) is 0 Å². The lowest BCUT2D eigenvalue weighted by Gasteiger charge is -2.05. The largest absolute Gasteiger partial charge is 0.327 e. The van der Waals surface area contributed by atoms with E-state index in [2.05, 4.69) is 12.6 Å². The van der Waals surface area contributed by atoms with Crippen molar-refractivity contribution in [3.05, 3.63) is 0 Å². The van der Waals surface area contributed by atoms with Gasteiger partial charge in [-0.05, 0) is 12.8 Å². The molecule has 6 heteroatoms. The van der Waals surface area contributed by atoms with E-state index in [0.29, 0.717) is 18.6 Å². The quantitative estimate of drug-likeness (QED) is 0.427. The Bertz CT molecular complexity index is 190. The van der Waals surface area contributed by atoms with Gasteiger partial charge in [-0.1, -0.05) is 0 Å². The molecule has 0 aliphatic rings. The fourth-order valence-corrected chi connectivity index (χ4v) is 1.33. The van der Waals surface area contributed by atoms with Gasteiger partial charge < -0.3 is 5.73 Å². The molecule has 0 rings (SSSR count). The number of hydrogen-bond donors (Lipinski definition) is 3. The van der Waals surface area contributed by atoms with Gasteiger partial charge in [0.15, 0.2) is 0 Å². The van der Waals surface area contributed by atoms with E-state index in [0.717, 1.165) is 0 Å². The second kappa shape index (κ2) is 4.97. The Labute approximate surface area is 72.3 Å². The van der Waals surface area contributed by atoms with Gasteiger partial charge in [0.1, 0.15) is 0 Å². The third-order valence-corrected chi connectivity index (χ3v) is 2.49. The highest BCUT2D eigenvalue weighted by molar-refractivity contribution is 7.85. The van der Waals surface area contributed by atoms with Crippen molar-refractivity contribution in [2.75, 3.05) is 11.5 Å². The van der Waals surface area contributed by atoms with Gasteiger partial charge in [0.25, 0.3) is 10.1 Å². The number of hydrogen-bond acceptors (Lipinski definition) is 4. The average Bonchev–Trinajstić information content (AvgIpc) is 1.85. The third kappa shape index (κ3) is 8.12. The minimum Gasteiger partial charge on any atom is -0.327 e. The minimum atomic E-state index is -3.81. The molecule has 4 nitrogen and oxygen atoms in total. The van der Waals surface area contributed by atoms with Crippen LogP contribution < -0.4 is 5.73 Å². The molecule has 0 unspecified atom stereocenters. The Hall–Kier alpha value is 0.220. The summed E-state index contributed by atoms with van der Waals surface area (Å²) < 4.78 is 28.7. The number of thiol groups is 1. The van der Waals surface area contributed by atoms with E-state index in [1.54, 1.807) is 0 Å². The molecule has 68 valence electrons. The van der Waals surface area contributed by atoms with Crippen molar-refractivity contribution in [2.24, 2.45) is 5.73 Å². The first-order valence-electron chi connectivity index (χ1n) is 3.27. The molecule has 0 aromatic heterocycles. The molecule has 0 bridgehead atoms. The third-order valence-electron chi connectivity index (χ3n) is 1.21. The molecule has 1 atom stereocenters. The first-order valence-corrected chi connectivity index (χ1v) is 5.51. The maximum Gasteiger partial charge on any atom is 0.264 e. The standard InChI is InChI=1S/C5H13NO3S2/c6-5(4-10)2-1-3-11(7,8)9/h5,10H,1-4,6H2,(H,7,8,9)/t5-/m0/s1.